The summed E-state index contributed by atoms with van der Waals surface area (Å²) in [6.45, 7) is 1.95. The first kappa shape index (κ1) is 7.37. The molecule has 3 N–H and O–H groups in total. The summed E-state index contributed by atoms with van der Waals surface area (Å²) in [5.41, 5.74) is 5.15. The van der Waals surface area contributed by atoms with E-state index in [1.807, 2.05) is 0 Å². The maximum atomic E-state index is 3.85. The Balaban J connectivity index is 2.55. The largest absolute Gasteiger partial charge is 0.356 e. The van der Waals surface area contributed by atoms with Gasteiger partial charge >= 0.3 is 0 Å². The Morgan fingerprint density at radius 2 is 2.00 bits per heavy atom. The lowest BCUT2D eigenvalue weighted by molar-refractivity contribution is -0.369. The minimum Gasteiger partial charge on any atom is -0.356 e. The van der Waals surface area contributed by atoms with Crippen LogP contribution in [-0.2, 0) is 6.54 Å². The van der Waals surface area contributed by atoms with E-state index in [1.165, 1.54) is 10.9 Å². The van der Waals surface area contributed by atoms with Gasteiger partial charge in [0.1, 0.15) is 0 Å². The van der Waals surface area contributed by atoms with Gasteiger partial charge in [-0.05, 0) is 17.5 Å². The molecule has 2 rings (SSSR count). The van der Waals surface area contributed by atoms with E-state index < -0.39 is 0 Å². The van der Waals surface area contributed by atoms with E-state index in [2.05, 4.69) is 46.8 Å². The highest BCUT2D eigenvalue weighted by atomic mass is 15.0. The number of rotatable bonds is 2. The number of fused-ring (bicyclic) bond motifs is 1. The van der Waals surface area contributed by atoms with Crippen molar-refractivity contribution in [2.24, 2.45) is 0 Å². The molecule has 2 heteroatoms. The van der Waals surface area contributed by atoms with Crippen LogP contribution in [0.25, 0.3) is 10.9 Å². The Morgan fingerprint density at radius 3 is 2.83 bits per heavy atom. The van der Waals surface area contributed by atoms with Crippen LogP contribution in [0.1, 0.15) is 0 Å². The Hall–Kier alpha value is -1.28. The van der Waals surface area contributed by atoms with Crippen molar-refractivity contribution in [3.05, 3.63) is 36.5 Å². The molecule has 0 aliphatic rings. The molecule has 0 fully saturated rings. The second kappa shape index (κ2) is 2.99. The summed E-state index contributed by atoms with van der Waals surface area (Å²) in [6.07, 6.45) is 2.12. The second-order valence-electron chi connectivity index (χ2n) is 2.92. The summed E-state index contributed by atoms with van der Waals surface area (Å²) in [6, 6.07) is 10.6. The lowest BCUT2D eigenvalue weighted by Crippen LogP contribution is -2.51. The third-order valence-electron chi connectivity index (χ3n) is 2.08. The van der Waals surface area contributed by atoms with Crippen molar-refractivity contribution >= 4 is 10.9 Å². The fraction of sp³-hybridized carbons (Fsp3) is 0.200. The molecular formula is C10H13N2+. The number of aromatic nitrogens is 1. The van der Waals surface area contributed by atoms with Gasteiger partial charge in [0.15, 0.2) is 0 Å². The second-order valence-corrected chi connectivity index (χ2v) is 2.92. The van der Waals surface area contributed by atoms with Crippen LogP contribution in [-0.4, -0.2) is 11.1 Å². The molecule has 12 heavy (non-hydrogen) atoms. The van der Waals surface area contributed by atoms with Gasteiger partial charge < -0.3 is 10.3 Å². The van der Waals surface area contributed by atoms with E-state index in [-0.39, 0.29) is 0 Å². The fourth-order valence-corrected chi connectivity index (χ4v) is 1.51. The standard InChI is InChI=1S/C10H12N2/c11-6-8-12-7-5-9-3-1-2-4-10(9)12/h1-5,7H,6,8,11H2/p+1. The van der Waals surface area contributed by atoms with Crippen molar-refractivity contribution in [3.8, 4) is 0 Å². The van der Waals surface area contributed by atoms with E-state index in [4.69, 9.17) is 0 Å². The predicted octanol–water partition coefficient (Wildman–Crippen LogP) is 0.883. The third kappa shape index (κ3) is 1.10. The highest BCUT2D eigenvalue weighted by Gasteiger charge is 1.97. The molecule has 1 aromatic heterocycles. The van der Waals surface area contributed by atoms with Crippen LogP contribution in [0, 0.1) is 0 Å². The number of para-hydroxylation sites is 1. The normalized spacial score (nSPS) is 10.8. The molecule has 62 valence electrons. The van der Waals surface area contributed by atoms with Gasteiger partial charge in [-0.3, -0.25) is 0 Å². The van der Waals surface area contributed by atoms with Gasteiger partial charge in [-0.1, -0.05) is 18.2 Å². The molecule has 0 bridgehead atoms. The zero-order valence-electron chi connectivity index (χ0n) is 7.03. The van der Waals surface area contributed by atoms with Gasteiger partial charge in [0, 0.05) is 11.7 Å². The first-order valence-electron chi connectivity index (χ1n) is 4.25. The molecule has 1 heterocycles. The lowest BCUT2D eigenvalue weighted by atomic mass is 10.2. The van der Waals surface area contributed by atoms with E-state index >= 15 is 0 Å². The van der Waals surface area contributed by atoms with Crippen molar-refractivity contribution in [2.45, 2.75) is 6.54 Å². The van der Waals surface area contributed by atoms with E-state index in [0.717, 1.165) is 13.1 Å². The quantitative estimate of drug-likeness (QED) is 0.678. The van der Waals surface area contributed by atoms with Crippen molar-refractivity contribution < 1.29 is 5.73 Å². The molecule has 0 unspecified atom stereocenters. The van der Waals surface area contributed by atoms with Gasteiger partial charge in [-0.25, -0.2) is 0 Å². The molecular weight excluding hydrogens is 148 g/mol. The predicted molar refractivity (Wildman–Crippen MR) is 49.7 cm³/mol. The van der Waals surface area contributed by atoms with E-state index in [0.29, 0.717) is 0 Å². The molecule has 0 spiro atoms. The molecule has 0 radical (unpaired) electrons. The molecule has 0 aliphatic carbocycles. The summed E-state index contributed by atoms with van der Waals surface area (Å²) in [5, 5.41) is 1.31. The summed E-state index contributed by atoms with van der Waals surface area (Å²) in [4.78, 5) is 0. The SMILES string of the molecule is [NH3+]CCn1ccc2ccccc21. The summed E-state index contributed by atoms with van der Waals surface area (Å²) >= 11 is 0. The molecule has 0 saturated carbocycles. The topological polar surface area (TPSA) is 32.6 Å². The smallest absolute Gasteiger partial charge is 0.0922 e. The summed E-state index contributed by atoms with van der Waals surface area (Å²) < 4.78 is 2.24. The van der Waals surface area contributed by atoms with E-state index in [9.17, 15) is 0 Å². The molecule has 0 aliphatic heterocycles. The van der Waals surface area contributed by atoms with E-state index in [1.54, 1.807) is 0 Å². The van der Waals surface area contributed by atoms with Crippen molar-refractivity contribution in [1.29, 1.82) is 0 Å². The van der Waals surface area contributed by atoms with Gasteiger partial charge in [-0.2, -0.15) is 0 Å². The Labute approximate surface area is 71.6 Å². The minimum absolute atomic E-state index is 0.943. The fourth-order valence-electron chi connectivity index (χ4n) is 1.51. The first-order chi connectivity index (χ1) is 5.92. The number of quaternary nitrogens is 1. The maximum absolute atomic E-state index is 3.85. The van der Waals surface area contributed by atoms with Gasteiger partial charge in [0.25, 0.3) is 0 Å². The van der Waals surface area contributed by atoms with Crippen molar-refractivity contribution in [2.75, 3.05) is 6.54 Å². The average molecular weight is 161 g/mol. The number of hydrogen-bond acceptors (Lipinski definition) is 0. The molecule has 0 atom stereocenters. The highest BCUT2D eigenvalue weighted by molar-refractivity contribution is 5.79. The Kier molecular flexibility index (Phi) is 1.84. The zero-order chi connectivity index (χ0) is 8.39. The van der Waals surface area contributed by atoms with Crippen LogP contribution >= 0.6 is 0 Å². The number of hydrogen-bond donors (Lipinski definition) is 1. The third-order valence-corrected chi connectivity index (χ3v) is 2.08. The van der Waals surface area contributed by atoms with Crippen LogP contribution in [0.4, 0.5) is 0 Å². The minimum atomic E-state index is 0.943. The van der Waals surface area contributed by atoms with Crippen LogP contribution in [0.5, 0.6) is 0 Å². The molecule has 2 aromatic rings. The average Bonchev–Trinajstić information content (AvgIpc) is 2.50. The molecule has 1 aromatic carbocycles. The number of benzene rings is 1. The number of nitrogens with zero attached hydrogens (tertiary/aromatic N) is 1. The zero-order valence-corrected chi connectivity index (χ0v) is 7.03. The Morgan fingerprint density at radius 1 is 1.17 bits per heavy atom. The van der Waals surface area contributed by atoms with Gasteiger partial charge in [0.2, 0.25) is 0 Å². The lowest BCUT2D eigenvalue weighted by Gasteiger charge is -1.99. The first-order valence-corrected chi connectivity index (χ1v) is 4.25. The van der Waals surface area contributed by atoms with Crippen molar-refractivity contribution in [1.82, 2.24) is 4.57 Å². The highest BCUT2D eigenvalue weighted by Crippen LogP contribution is 2.13. The van der Waals surface area contributed by atoms with Crippen molar-refractivity contribution in [3.63, 3.8) is 0 Å². The Bertz CT molecular complexity index is 376. The van der Waals surface area contributed by atoms with Crippen LogP contribution in [0.2, 0.25) is 0 Å². The summed E-state index contributed by atoms with van der Waals surface area (Å²) in [7, 11) is 0. The molecule has 2 nitrogen and oxygen atoms in total. The molecule has 0 saturated heterocycles. The molecule has 0 amide bonds. The van der Waals surface area contributed by atoms with Gasteiger partial charge in [0.05, 0.1) is 13.1 Å². The van der Waals surface area contributed by atoms with Crippen LogP contribution in [0.3, 0.4) is 0 Å². The monoisotopic (exact) mass is 161 g/mol. The van der Waals surface area contributed by atoms with Crippen LogP contribution < -0.4 is 5.73 Å². The summed E-state index contributed by atoms with van der Waals surface area (Å²) in [5.74, 6) is 0. The van der Waals surface area contributed by atoms with Gasteiger partial charge in [-0.15, -0.1) is 0 Å². The van der Waals surface area contributed by atoms with Crippen LogP contribution in [0.15, 0.2) is 36.5 Å². The maximum Gasteiger partial charge on any atom is 0.0922 e.